The lowest BCUT2D eigenvalue weighted by Crippen LogP contribution is -2.52. The molecule has 4 rings (SSSR count). The number of aliphatic imine (C=N–C) groups is 1. The normalized spacial score (nSPS) is 14.9. The van der Waals surface area contributed by atoms with Gasteiger partial charge in [-0.15, -0.1) is 24.0 Å². The van der Waals surface area contributed by atoms with Crippen LogP contribution in [0.4, 0.5) is 5.69 Å². The van der Waals surface area contributed by atoms with Crippen LogP contribution < -0.4 is 10.2 Å². The first kappa shape index (κ1) is 20.4. The number of para-hydroxylation sites is 1. The van der Waals surface area contributed by atoms with E-state index in [4.69, 9.17) is 4.98 Å². The second-order valence-corrected chi connectivity index (χ2v) is 6.91. The van der Waals surface area contributed by atoms with Crippen molar-refractivity contribution >= 4 is 41.3 Å². The maximum atomic E-state index is 4.70. The summed E-state index contributed by atoms with van der Waals surface area (Å²) in [4.78, 5) is 13.9. The number of rotatable bonds is 3. The Morgan fingerprint density at radius 2 is 1.86 bits per heavy atom. The summed E-state index contributed by atoms with van der Waals surface area (Å²) >= 11 is 0. The predicted octanol–water partition coefficient (Wildman–Crippen LogP) is 3.16. The Hall–Kier alpha value is -2.29. The molecule has 1 saturated heterocycles. The van der Waals surface area contributed by atoms with Crippen molar-refractivity contribution in [1.29, 1.82) is 0 Å². The van der Waals surface area contributed by atoms with Crippen LogP contribution in [-0.4, -0.2) is 53.5 Å². The average Bonchev–Trinajstić information content (AvgIpc) is 3.11. The van der Waals surface area contributed by atoms with Crippen LogP contribution in [0.3, 0.4) is 0 Å². The number of hydrogen-bond acceptors (Lipinski definition) is 3. The minimum absolute atomic E-state index is 0. The van der Waals surface area contributed by atoms with Gasteiger partial charge in [0.15, 0.2) is 5.96 Å². The number of benzene rings is 1. The number of nitrogens with zero attached hydrogens (tertiary/aromatic N) is 5. The molecule has 0 amide bonds. The second-order valence-electron chi connectivity index (χ2n) is 6.91. The van der Waals surface area contributed by atoms with Gasteiger partial charge >= 0.3 is 0 Å². The first-order valence-corrected chi connectivity index (χ1v) is 9.43. The molecule has 2 aromatic heterocycles. The van der Waals surface area contributed by atoms with Gasteiger partial charge in [0, 0.05) is 51.3 Å². The highest BCUT2D eigenvalue weighted by molar-refractivity contribution is 14.0. The number of aromatic nitrogens is 2. The van der Waals surface area contributed by atoms with Gasteiger partial charge in [-0.05, 0) is 36.8 Å². The molecule has 0 atom stereocenters. The quantitative estimate of drug-likeness (QED) is 0.348. The maximum absolute atomic E-state index is 4.70. The Kier molecular flexibility index (Phi) is 6.77. The van der Waals surface area contributed by atoms with Crippen LogP contribution in [0, 0.1) is 6.92 Å². The first-order chi connectivity index (χ1) is 13.2. The summed E-state index contributed by atoms with van der Waals surface area (Å²) < 4.78 is 2.06. The molecule has 0 radical (unpaired) electrons. The van der Waals surface area contributed by atoms with E-state index in [0.717, 1.165) is 43.5 Å². The minimum atomic E-state index is 0. The van der Waals surface area contributed by atoms with Gasteiger partial charge in [-0.2, -0.15) is 0 Å². The van der Waals surface area contributed by atoms with Crippen molar-refractivity contribution in [3.05, 3.63) is 66.1 Å². The van der Waals surface area contributed by atoms with Crippen LogP contribution in [0.2, 0.25) is 0 Å². The number of guanidine groups is 1. The number of pyridine rings is 1. The fourth-order valence-electron chi connectivity index (χ4n) is 3.54. The minimum Gasteiger partial charge on any atom is -0.368 e. The zero-order valence-electron chi connectivity index (χ0n) is 16.4. The van der Waals surface area contributed by atoms with Crippen molar-refractivity contribution in [2.24, 2.45) is 4.99 Å². The van der Waals surface area contributed by atoms with E-state index < -0.39 is 0 Å². The number of aryl methyl sites for hydroxylation is 1. The molecular formula is C21H27IN6. The first-order valence-electron chi connectivity index (χ1n) is 9.43. The van der Waals surface area contributed by atoms with E-state index in [9.17, 15) is 0 Å². The average molecular weight is 490 g/mol. The summed E-state index contributed by atoms with van der Waals surface area (Å²) in [6.45, 7) is 6.67. The Balaban J connectivity index is 0.00000225. The zero-order chi connectivity index (χ0) is 18.6. The van der Waals surface area contributed by atoms with Gasteiger partial charge in [0.2, 0.25) is 0 Å². The molecule has 0 saturated carbocycles. The van der Waals surface area contributed by atoms with E-state index in [1.54, 1.807) is 0 Å². The Morgan fingerprint density at radius 3 is 2.57 bits per heavy atom. The summed E-state index contributed by atoms with van der Waals surface area (Å²) in [7, 11) is 1.85. The van der Waals surface area contributed by atoms with Crippen LogP contribution in [0.25, 0.3) is 5.65 Å². The van der Waals surface area contributed by atoms with Crippen molar-refractivity contribution in [1.82, 2.24) is 19.6 Å². The molecule has 1 N–H and O–H groups in total. The third-order valence-corrected chi connectivity index (χ3v) is 5.01. The monoisotopic (exact) mass is 490 g/mol. The molecule has 1 aliphatic rings. The molecule has 3 aromatic rings. The number of halogens is 1. The van der Waals surface area contributed by atoms with Gasteiger partial charge in [-0.1, -0.05) is 18.2 Å². The Labute approximate surface area is 183 Å². The summed E-state index contributed by atoms with van der Waals surface area (Å²) in [6.07, 6.45) is 4.13. The van der Waals surface area contributed by atoms with Gasteiger partial charge in [0.25, 0.3) is 0 Å². The van der Waals surface area contributed by atoms with E-state index in [0.29, 0.717) is 6.54 Å². The number of piperazine rings is 1. The molecule has 6 nitrogen and oxygen atoms in total. The molecule has 7 heteroatoms. The van der Waals surface area contributed by atoms with Crippen molar-refractivity contribution in [2.45, 2.75) is 13.5 Å². The number of nitrogens with one attached hydrogen (secondary N) is 1. The van der Waals surface area contributed by atoms with Crippen molar-refractivity contribution in [3.63, 3.8) is 0 Å². The van der Waals surface area contributed by atoms with Gasteiger partial charge in [0.05, 0.1) is 12.2 Å². The lowest BCUT2D eigenvalue weighted by atomic mass is 10.2. The van der Waals surface area contributed by atoms with E-state index in [2.05, 4.69) is 86.3 Å². The number of anilines is 1. The largest absolute Gasteiger partial charge is 0.368 e. The van der Waals surface area contributed by atoms with E-state index >= 15 is 0 Å². The second kappa shape index (κ2) is 9.27. The number of fused-ring (bicyclic) bond motifs is 1. The molecule has 0 bridgehead atoms. The number of imidazole rings is 1. The fraction of sp³-hybridized carbons (Fsp3) is 0.333. The van der Waals surface area contributed by atoms with Crippen LogP contribution >= 0.6 is 24.0 Å². The molecular weight excluding hydrogens is 463 g/mol. The molecule has 0 aliphatic carbocycles. The third-order valence-electron chi connectivity index (χ3n) is 5.01. The summed E-state index contributed by atoms with van der Waals surface area (Å²) in [6, 6.07) is 14.8. The Bertz CT molecular complexity index is 928. The zero-order valence-corrected chi connectivity index (χ0v) is 18.7. The predicted molar refractivity (Wildman–Crippen MR) is 126 cm³/mol. The highest BCUT2D eigenvalue weighted by Gasteiger charge is 2.19. The molecule has 1 aliphatic heterocycles. The molecule has 3 heterocycles. The fourth-order valence-corrected chi connectivity index (χ4v) is 3.54. The standard InChI is InChI=1S/C21H26N6.HI/c1-17-8-9-27-16-18(24-20(27)14-17)15-23-21(22-2)26-12-10-25(11-13-26)19-6-4-3-5-7-19;/h3-9,14,16H,10-13,15H2,1-2H3,(H,22,23);1H. The van der Waals surface area contributed by atoms with Crippen LogP contribution in [0.1, 0.15) is 11.3 Å². The smallest absolute Gasteiger partial charge is 0.194 e. The number of hydrogen-bond donors (Lipinski definition) is 1. The summed E-state index contributed by atoms with van der Waals surface area (Å²) in [5, 5.41) is 3.47. The van der Waals surface area contributed by atoms with Gasteiger partial charge in [0.1, 0.15) is 5.65 Å². The van der Waals surface area contributed by atoms with Crippen molar-refractivity contribution in [3.8, 4) is 0 Å². The van der Waals surface area contributed by atoms with Crippen LogP contribution in [0.5, 0.6) is 0 Å². The molecule has 1 fully saturated rings. The lowest BCUT2D eigenvalue weighted by Gasteiger charge is -2.37. The Morgan fingerprint density at radius 1 is 1.11 bits per heavy atom. The molecule has 148 valence electrons. The highest BCUT2D eigenvalue weighted by Crippen LogP contribution is 2.15. The third kappa shape index (κ3) is 4.57. The molecule has 1 aromatic carbocycles. The van der Waals surface area contributed by atoms with Crippen LogP contribution in [0.15, 0.2) is 59.9 Å². The summed E-state index contributed by atoms with van der Waals surface area (Å²) in [5.41, 5.74) is 4.52. The highest BCUT2D eigenvalue weighted by atomic mass is 127. The maximum Gasteiger partial charge on any atom is 0.194 e. The van der Waals surface area contributed by atoms with Crippen LogP contribution in [-0.2, 0) is 6.54 Å². The van der Waals surface area contributed by atoms with Crippen molar-refractivity contribution in [2.75, 3.05) is 38.1 Å². The summed E-state index contributed by atoms with van der Waals surface area (Å²) in [5.74, 6) is 0.941. The molecule has 28 heavy (non-hydrogen) atoms. The molecule has 0 spiro atoms. The topological polar surface area (TPSA) is 48.2 Å². The van der Waals surface area contributed by atoms with Gasteiger partial charge in [-0.25, -0.2) is 4.98 Å². The van der Waals surface area contributed by atoms with Gasteiger partial charge in [-0.3, -0.25) is 4.99 Å². The lowest BCUT2D eigenvalue weighted by molar-refractivity contribution is 0.372. The van der Waals surface area contributed by atoms with E-state index in [-0.39, 0.29) is 24.0 Å². The SMILES string of the molecule is CN=C(NCc1cn2ccc(C)cc2n1)N1CCN(c2ccccc2)CC1.I. The molecule has 0 unspecified atom stereocenters. The van der Waals surface area contributed by atoms with E-state index in [1.807, 2.05) is 7.05 Å². The van der Waals surface area contributed by atoms with Gasteiger partial charge < -0.3 is 19.5 Å². The van der Waals surface area contributed by atoms with Crippen molar-refractivity contribution < 1.29 is 0 Å². The van der Waals surface area contributed by atoms with E-state index in [1.165, 1.54) is 11.3 Å².